The van der Waals surface area contributed by atoms with Crippen molar-refractivity contribution in [3.8, 4) is 0 Å². The van der Waals surface area contributed by atoms with E-state index in [2.05, 4.69) is 0 Å². The first kappa shape index (κ1) is 10.0. The van der Waals surface area contributed by atoms with E-state index in [9.17, 15) is 9.90 Å². The van der Waals surface area contributed by atoms with Crippen molar-refractivity contribution in [1.29, 1.82) is 0 Å². The summed E-state index contributed by atoms with van der Waals surface area (Å²) in [5.41, 5.74) is 0. The van der Waals surface area contributed by atoms with Gasteiger partial charge in [-0.25, -0.2) is 0 Å². The van der Waals surface area contributed by atoms with Crippen molar-refractivity contribution in [2.45, 2.75) is 25.2 Å². The Balaban J connectivity index is 2.59. The van der Waals surface area contributed by atoms with Crippen molar-refractivity contribution in [3.63, 3.8) is 0 Å². The lowest BCUT2D eigenvalue weighted by Crippen LogP contribution is -2.44. The number of carbonyl (C=O) groups excluding carboxylic acids is 1. The Hall–Kier alpha value is -1.07. The van der Waals surface area contributed by atoms with Crippen LogP contribution in [-0.2, 0) is 14.3 Å². The number of ether oxygens (including phenoxy) is 2. The lowest BCUT2D eigenvalue weighted by Gasteiger charge is -2.29. The van der Waals surface area contributed by atoms with Crippen LogP contribution >= 0.6 is 0 Å². The van der Waals surface area contributed by atoms with Gasteiger partial charge in [-0.1, -0.05) is 0 Å². The summed E-state index contributed by atoms with van der Waals surface area (Å²) in [6.45, 7) is 0.938. The van der Waals surface area contributed by atoms with Crippen LogP contribution in [0.2, 0.25) is 0 Å². The van der Waals surface area contributed by atoms with Gasteiger partial charge in [0.25, 0.3) is 0 Å². The van der Waals surface area contributed by atoms with Crippen molar-refractivity contribution in [2.24, 2.45) is 0 Å². The molecule has 1 rings (SSSR count). The molecular weight excluding hydrogens is 176 g/mol. The molecule has 3 atom stereocenters. The van der Waals surface area contributed by atoms with Gasteiger partial charge in [0.1, 0.15) is 6.10 Å². The van der Waals surface area contributed by atoms with Crippen LogP contribution < -0.4 is 0 Å². The van der Waals surface area contributed by atoms with Crippen LogP contribution in [0.15, 0.2) is 12.3 Å². The molecule has 0 unspecified atom stereocenters. The highest BCUT2D eigenvalue weighted by Gasteiger charge is 2.31. The molecule has 5 nitrogen and oxygen atoms in total. The van der Waals surface area contributed by atoms with E-state index >= 15 is 0 Å². The summed E-state index contributed by atoms with van der Waals surface area (Å²) in [4.78, 5) is 10.6. The number of aliphatic hydroxyl groups is 2. The highest BCUT2D eigenvalue weighted by molar-refractivity contribution is 5.66. The van der Waals surface area contributed by atoms with Gasteiger partial charge in [-0.15, -0.1) is 0 Å². The molecule has 0 amide bonds. The standard InChI is InChI=1S/C8H12O5/c1-5(10)13-6-2-3-12-7(4-9)8(6)11/h2-3,6-9,11H,4H2,1H3/t6-,7-,8-/m1/s1. The quantitative estimate of drug-likeness (QED) is 0.554. The largest absolute Gasteiger partial charge is 0.493 e. The molecule has 2 N–H and O–H groups in total. The molecule has 0 aromatic heterocycles. The molecule has 1 heterocycles. The van der Waals surface area contributed by atoms with Gasteiger partial charge >= 0.3 is 5.97 Å². The minimum atomic E-state index is -1.01. The Bertz CT molecular complexity index is 213. The minimum Gasteiger partial charge on any atom is -0.493 e. The van der Waals surface area contributed by atoms with E-state index in [4.69, 9.17) is 14.6 Å². The molecule has 0 fully saturated rings. The van der Waals surface area contributed by atoms with E-state index in [0.717, 1.165) is 0 Å². The van der Waals surface area contributed by atoms with Gasteiger partial charge in [-0.2, -0.15) is 0 Å². The predicted octanol–water partition coefficient (Wildman–Crippen LogP) is -0.816. The van der Waals surface area contributed by atoms with Gasteiger partial charge in [0.05, 0.1) is 12.9 Å². The highest BCUT2D eigenvalue weighted by atomic mass is 16.6. The summed E-state index contributed by atoms with van der Waals surface area (Å²) in [5.74, 6) is -0.479. The van der Waals surface area contributed by atoms with Gasteiger partial charge in [-0.05, 0) is 6.08 Å². The number of hydrogen-bond donors (Lipinski definition) is 2. The van der Waals surface area contributed by atoms with Crippen LogP contribution in [0.5, 0.6) is 0 Å². The number of rotatable bonds is 2. The zero-order valence-electron chi connectivity index (χ0n) is 7.21. The second-order valence-electron chi connectivity index (χ2n) is 2.75. The average Bonchev–Trinajstić information content (AvgIpc) is 2.08. The minimum absolute atomic E-state index is 0.316. The maximum Gasteiger partial charge on any atom is 0.303 e. The number of hydrogen-bond acceptors (Lipinski definition) is 5. The van der Waals surface area contributed by atoms with Gasteiger partial charge in [0, 0.05) is 6.92 Å². The molecular formula is C8H12O5. The van der Waals surface area contributed by atoms with Gasteiger partial charge in [-0.3, -0.25) is 4.79 Å². The van der Waals surface area contributed by atoms with E-state index in [1.165, 1.54) is 19.3 Å². The van der Waals surface area contributed by atoms with Crippen molar-refractivity contribution in [1.82, 2.24) is 0 Å². The van der Waals surface area contributed by atoms with Crippen molar-refractivity contribution in [2.75, 3.05) is 6.61 Å². The lowest BCUT2D eigenvalue weighted by molar-refractivity contribution is -0.156. The average molecular weight is 188 g/mol. The zero-order valence-corrected chi connectivity index (χ0v) is 7.21. The van der Waals surface area contributed by atoms with Crippen LogP contribution in [0, 0.1) is 0 Å². The fourth-order valence-corrected chi connectivity index (χ4v) is 1.08. The Morgan fingerprint density at radius 2 is 2.38 bits per heavy atom. The lowest BCUT2D eigenvalue weighted by atomic mass is 10.1. The topological polar surface area (TPSA) is 76.0 Å². The number of esters is 1. The van der Waals surface area contributed by atoms with E-state index in [1.807, 2.05) is 0 Å². The highest BCUT2D eigenvalue weighted by Crippen LogP contribution is 2.14. The van der Waals surface area contributed by atoms with Gasteiger partial charge < -0.3 is 19.7 Å². The first-order valence-electron chi connectivity index (χ1n) is 3.93. The smallest absolute Gasteiger partial charge is 0.303 e. The van der Waals surface area contributed by atoms with Crippen LogP contribution in [0.4, 0.5) is 0 Å². The summed E-state index contributed by atoms with van der Waals surface area (Å²) in [5, 5.41) is 18.2. The second kappa shape index (κ2) is 4.25. The molecule has 0 saturated heterocycles. The molecule has 1 aliphatic heterocycles. The Morgan fingerprint density at radius 3 is 2.92 bits per heavy atom. The summed E-state index contributed by atoms with van der Waals surface area (Å²) >= 11 is 0. The SMILES string of the molecule is CC(=O)O[C@@H]1C=CO[C@H](CO)[C@@H]1O. The first-order chi connectivity index (χ1) is 6.15. The maximum atomic E-state index is 10.6. The van der Waals surface area contributed by atoms with Crippen molar-refractivity contribution < 1.29 is 24.5 Å². The molecule has 74 valence electrons. The number of aliphatic hydroxyl groups excluding tert-OH is 2. The molecule has 0 radical (unpaired) electrons. The van der Waals surface area contributed by atoms with Crippen LogP contribution in [0.3, 0.4) is 0 Å². The summed E-state index contributed by atoms with van der Waals surface area (Å²) < 4.78 is 9.65. The van der Waals surface area contributed by atoms with E-state index in [0.29, 0.717) is 0 Å². The molecule has 0 aromatic rings. The summed E-state index contributed by atoms with van der Waals surface area (Å²) in [6, 6.07) is 0. The summed E-state index contributed by atoms with van der Waals surface area (Å²) in [7, 11) is 0. The zero-order chi connectivity index (χ0) is 9.84. The van der Waals surface area contributed by atoms with Crippen LogP contribution in [0.1, 0.15) is 6.92 Å². The third kappa shape index (κ3) is 2.43. The van der Waals surface area contributed by atoms with Crippen molar-refractivity contribution in [3.05, 3.63) is 12.3 Å². The molecule has 0 aromatic carbocycles. The fraction of sp³-hybridized carbons (Fsp3) is 0.625. The monoisotopic (exact) mass is 188 g/mol. The fourth-order valence-electron chi connectivity index (χ4n) is 1.08. The molecule has 0 bridgehead atoms. The van der Waals surface area contributed by atoms with E-state index < -0.39 is 24.3 Å². The normalized spacial score (nSPS) is 32.4. The molecule has 0 aliphatic carbocycles. The number of carbonyl (C=O) groups is 1. The van der Waals surface area contributed by atoms with E-state index in [-0.39, 0.29) is 6.61 Å². The van der Waals surface area contributed by atoms with Crippen LogP contribution in [-0.4, -0.2) is 41.1 Å². The third-order valence-electron chi connectivity index (χ3n) is 1.72. The Kier molecular flexibility index (Phi) is 3.27. The maximum absolute atomic E-state index is 10.6. The molecule has 5 heteroatoms. The van der Waals surface area contributed by atoms with Gasteiger partial charge in [0.15, 0.2) is 12.2 Å². The Morgan fingerprint density at radius 1 is 1.69 bits per heavy atom. The van der Waals surface area contributed by atoms with Crippen LogP contribution in [0.25, 0.3) is 0 Å². The van der Waals surface area contributed by atoms with Crippen molar-refractivity contribution >= 4 is 5.97 Å². The molecule has 13 heavy (non-hydrogen) atoms. The molecule has 0 spiro atoms. The summed E-state index contributed by atoms with van der Waals surface area (Å²) in [6.07, 6.45) is 0.260. The Labute approximate surface area is 75.6 Å². The predicted molar refractivity (Wildman–Crippen MR) is 42.7 cm³/mol. The third-order valence-corrected chi connectivity index (χ3v) is 1.72. The van der Waals surface area contributed by atoms with Gasteiger partial charge in [0.2, 0.25) is 0 Å². The first-order valence-corrected chi connectivity index (χ1v) is 3.93. The molecule has 1 aliphatic rings. The molecule has 0 saturated carbocycles. The van der Waals surface area contributed by atoms with E-state index in [1.54, 1.807) is 0 Å². The second-order valence-corrected chi connectivity index (χ2v) is 2.75.